The van der Waals surface area contributed by atoms with E-state index in [2.05, 4.69) is 32.1 Å². The number of halogens is 1. The standard InChI is InChI=1S/C24H25BrN6O3/c1-33-14-20(32)30-8-6-15(7-9-30)13-34-24-21(25)22(26)31-23(29-24)18(12-28-31)17-10-16-4-2-3-5-19(16)27-11-17/h2-5,10-12,15H,6-9,13-14,26H2,1H3. The van der Waals surface area contributed by atoms with Gasteiger partial charge in [-0.25, -0.2) is 0 Å². The average Bonchev–Trinajstić information content (AvgIpc) is 3.29. The number of rotatable bonds is 6. The molecule has 1 amide bonds. The van der Waals surface area contributed by atoms with Crippen molar-refractivity contribution in [1.29, 1.82) is 0 Å². The highest BCUT2D eigenvalue weighted by Crippen LogP contribution is 2.34. The highest BCUT2D eigenvalue weighted by Gasteiger charge is 2.24. The third-order valence-corrected chi connectivity index (χ3v) is 6.93. The summed E-state index contributed by atoms with van der Waals surface area (Å²) in [5.41, 5.74) is 9.61. The fraction of sp³-hybridized carbons (Fsp3) is 0.333. The van der Waals surface area contributed by atoms with Gasteiger partial charge in [0.2, 0.25) is 11.8 Å². The summed E-state index contributed by atoms with van der Waals surface area (Å²) < 4.78 is 13.2. The van der Waals surface area contributed by atoms with Gasteiger partial charge < -0.3 is 20.1 Å². The van der Waals surface area contributed by atoms with Crippen LogP contribution in [0.1, 0.15) is 12.8 Å². The van der Waals surface area contributed by atoms with Gasteiger partial charge in [0.05, 0.1) is 18.3 Å². The number of hydrogen-bond acceptors (Lipinski definition) is 7. The molecule has 0 spiro atoms. The summed E-state index contributed by atoms with van der Waals surface area (Å²) in [5, 5.41) is 5.47. The van der Waals surface area contributed by atoms with Gasteiger partial charge in [-0.1, -0.05) is 18.2 Å². The topological polar surface area (TPSA) is 108 Å². The molecule has 3 aromatic heterocycles. The van der Waals surface area contributed by atoms with Crippen molar-refractivity contribution in [2.75, 3.05) is 39.1 Å². The lowest BCUT2D eigenvalue weighted by Crippen LogP contribution is -2.41. The number of nitrogens with zero attached hydrogens (tertiary/aromatic N) is 5. The molecule has 0 radical (unpaired) electrons. The molecule has 1 saturated heterocycles. The Kier molecular flexibility index (Phi) is 6.34. The first-order valence-electron chi connectivity index (χ1n) is 11.1. The molecular weight excluding hydrogens is 500 g/mol. The zero-order chi connectivity index (χ0) is 23.7. The highest BCUT2D eigenvalue weighted by atomic mass is 79.9. The van der Waals surface area contributed by atoms with Crippen molar-refractivity contribution >= 4 is 44.2 Å². The molecule has 2 N–H and O–H groups in total. The van der Waals surface area contributed by atoms with Gasteiger partial charge in [-0.3, -0.25) is 9.78 Å². The zero-order valence-corrected chi connectivity index (χ0v) is 20.4. The first-order valence-corrected chi connectivity index (χ1v) is 11.9. The third-order valence-electron chi connectivity index (χ3n) is 6.18. The van der Waals surface area contributed by atoms with Crippen LogP contribution in [0, 0.1) is 5.92 Å². The summed E-state index contributed by atoms with van der Waals surface area (Å²) in [5.74, 6) is 1.20. The number of fused-ring (bicyclic) bond motifs is 2. The number of piperidine rings is 1. The summed E-state index contributed by atoms with van der Waals surface area (Å²) in [6.07, 6.45) is 5.29. The molecule has 4 aromatic rings. The van der Waals surface area contributed by atoms with Crippen molar-refractivity contribution in [3.63, 3.8) is 0 Å². The van der Waals surface area contributed by atoms with Gasteiger partial charge >= 0.3 is 0 Å². The summed E-state index contributed by atoms with van der Waals surface area (Å²) in [4.78, 5) is 23.2. The number of ether oxygens (including phenoxy) is 2. The van der Waals surface area contributed by atoms with E-state index in [1.54, 1.807) is 10.7 Å². The summed E-state index contributed by atoms with van der Waals surface area (Å²) in [6, 6.07) is 10.0. The Bertz CT molecular complexity index is 1350. The number of carbonyl (C=O) groups excluding carboxylic acids is 1. The van der Waals surface area contributed by atoms with E-state index in [9.17, 15) is 4.79 Å². The number of methoxy groups -OCH3 is 1. The Morgan fingerprint density at radius 2 is 2.03 bits per heavy atom. The summed E-state index contributed by atoms with van der Waals surface area (Å²) in [7, 11) is 1.54. The van der Waals surface area contributed by atoms with Crippen molar-refractivity contribution in [2.45, 2.75) is 12.8 Å². The normalized spacial score (nSPS) is 14.7. The number of benzene rings is 1. The van der Waals surface area contributed by atoms with Crippen LogP contribution < -0.4 is 10.5 Å². The third kappa shape index (κ3) is 4.30. The fourth-order valence-electron chi connectivity index (χ4n) is 4.25. The molecule has 5 rings (SSSR count). The lowest BCUT2D eigenvalue weighted by molar-refractivity contribution is -0.136. The van der Waals surface area contributed by atoms with Gasteiger partial charge in [0.15, 0.2) is 5.65 Å². The number of likely N-dealkylation sites (tertiary alicyclic amines) is 1. The molecule has 4 heterocycles. The monoisotopic (exact) mass is 524 g/mol. The van der Waals surface area contributed by atoms with Crippen LogP contribution in [0.2, 0.25) is 0 Å². The molecule has 1 aliphatic heterocycles. The maximum Gasteiger partial charge on any atom is 0.248 e. The van der Waals surface area contributed by atoms with Crippen LogP contribution in [0.3, 0.4) is 0 Å². The Morgan fingerprint density at radius 3 is 2.82 bits per heavy atom. The molecule has 0 bridgehead atoms. The van der Waals surface area contributed by atoms with E-state index in [-0.39, 0.29) is 12.5 Å². The van der Waals surface area contributed by atoms with Crippen LogP contribution in [-0.4, -0.2) is 63.8 Å². The molecule has 0 unspecified atom stereocenters. The van der Waals surface area contributed by atoms with Gasteiger partial charge in [0.1, 0.15) is 16.9 Å². The van der Waals surface area contributed by atoms with Crippen LogP contribution in [0.15, 0.2) is 47.2 Å². The smallest absolute Gasteiger partial charge is 0.248 e. The summed E-state index contributed by atoms with van der Waals surface area (Å²) in [6.45, 7) is 2.02. The number of amides is 1. The quantitative estimate of drug-likeness (QED) is 0.410. The van der Waals surface area contributed by atoms with Crippen molar-refractivity contribution in [2.24, 2.45) is 5.92 Å². The number of nitrogens with two attached hydrogens (primary N) is 1. The van der Waals surface area contributed by atoms with Gasteiger partial charge in [0.25, 0.3) is 0 Å². The molecule has 1 aromatic carbocycles. The molecule has 34 heavy (non-hydrogen) atoms. The van der Waals surface area contributed by atoms with Crippen LogP contribution in [0.4, 0.5) is 5.82 Å². The molecule has 176 valence electrons. The predicted octanol–water partition coefficient (Wildman–Crippen LogP) is 3.55. The maximum absolute atomic E-state index is 12.0. The van der Waals surface area contributed by atoms with E-state index < -0.39 is 0 Å². The van der Waals surface area contributed by atoms with E-state index >= 15 is 0 Å². The molecule has 9 nitrogen and oxygen atoms in total. The lowest BCUT2D eigenvalue weighted by atomic mass is 9.98. The molecular formula is C24H25BrN6O3. The number of pyridine rings is 1. The first kappa shape index (κ1) is 22.5. The zero-order valence-electron chi connectivity index (χ0n) is 18.8. The van der Waals surface area contributed by atoms with Crippen molar-refractivity contribution in [1.82, 2.24) is 24.5 Å². The van der Waals surface area contributed by atoms with Crippen molar-refractivity contribution < 1.29 is 14.3 Å². The average molecular weight is 525 g/mol. The van der Waals surface area contributed by atoms with Crippen molar-refractivity contribution in [3.05, 3.63) is 47.2 Å². The molecule has 10 heteroatoms. The molecule has 0 atom stereocenters. The van der Waals surface area contributed by atoms with Gasteiger partial charge in [-0.05, 0) is 46.8 Å². The first-order chi connectivity index (χ1) is 16.5. The van der Waals surface area contributed by atoms with Crippen LogP contribution in [-0.2, 0) is 9.53 Å². The molecule has 1 aliphatic rings. The van der Waals surface area contributed by atoms with Crippen LogP contribution >= 0.6 is 15.9 Å². The lowest BCUT2D eigenvalue weighted by Gasteiger charge is -2.31. The minimum absolute atomic E-state index is 0.0287. The minimum Gasteiger partial charge on any atom is -0.476 e. The van der Waals surface area contributed by atoms with E-state index in [1.165, 1.54) is 7.11 Å². The van der Waals surface area contributed by atoms with E-state index in [4.69, 9.17) is 20.2 Å². The van der Waals surface area contributed by atoms with Crippen molar-refractivity contribution in [3.8, 4) is 17.0 Å². The number of para-hydroxylation sites is 1. The molecule has 0 aliphatic carbocycles. The maximum atomic E-state index is 12.0. The number of anilines is 1. The molecule has 1 fully saturated rings. The number of aromatic nitrogens is 4. The fourth-order valence-corrected chi connectivity index (χ4v) is 4.62. The Labute approximate surface area is 205 Å². The van der Waals surface area contributed by atoms with Gasteiger partial charge in [0, 0.05) is 42.9 Å². The minimum atomic E-state index is 0.0287. The Hall–Kier alpha value is -3.24. The van der Waals surface area contributed by atoms with E-state index in [0.29, 0.717) is 47.4 Å². The van der Waals surface area contributed by atoms with E-state index in [0.717, 1.165) is 34.9 Å². The number of nitrogen functional groups attached to an aromatic ring is 1. The second-order valence-electron chi connectivity index (χ2n) is 8.39. The largest absolute Gasteiger partial charge is 0.476 e. The molecule has 0 saturated carbocycles. The van der Waals surface area contributed by atoms with Crippen LogP contribution in [0.5, 0.6) is 5.88 Å². The van der Waals surface area contributed by atoms with Gasteiger partial charge in [-0.2, -0.15) is 14.6 Å². The second-order valence-corrected chi connectivity index (χ2v) is 9.19. The number of hydrogen-bond donors (Lipinski definition) is 1. The van der Waals surface area contributed by atoms with Gasteiger partial charge in [-0.15, -0.1) is 0 Å². The predicted molar refractivity (Wildman–Crippen MR) is 133 cm³/mol. The summed E-state index contributed by atoms with van der Waals surface area (Å²) >= 11 is 3.52. The number of carbonyl (C=O) groups is 1. The Morgan fingerprint density at radius 1 is 1.24 bits per heavy atom. The van der Waals surface area contributed by atoms with Crippen LogP contribution in [0.25, 0.3) is 27.7 Å². The van der Waals surface area contributed by atoms with E-state index in [1.807, 2.05) is 35.4 Å². The SMILES string of the molecule is COCC(=O)N1CCC(COc2nc3c(-c4cnc5ccccc5c4)cnn3c(N)c2Br)CC1. The highest BCUT2D eigenvalue weighted by molar-refractivity contribution is 9.10. The Balaban J connectivity index is 1.36. The second kappa shape index (κ2) is 9.55.